The van der Waals surface area contributed by atoms with Gasteiger partial charge in [-0.3, -0.25) is 0 Å². The topological polar surface area (TPSA) is 35.8 Å². The SMILES string of the molecule is Cc1cc(Cl)ccc1CNCC(C)C#N. The number of hydrogen-bond acceptors (Lipinski definition) is 2. The molecule has 0 aliphatic rings. The van der Waals surface area contributed by atoms with Crippen molar-refractivity contribution in [3.05, 3.63) is 34.3 Å². The molecule has 0 saturated heterocycles. The maximum absolute atomic E-state index is 8.62. The van der Waals surface area contributed by atoms with Gasteiger partial charge < -0.3 is 5.32 Å². The number of nitriles is 1. The van der Waals surface area contributed by atoms with Crippen LogP contribution >= 0.6 is 11.6 Å². The van der Waals surface area contributed by atoms with E-state index in [1.165, 1.54) is 11.1 Å². The molecule has 1 N–H and O–H groups in total. The van der Waals surface area contributed by atoms with Crippen molar-refractivity contribution in [3.8, 4) is 6.07 Å². The molecule has 0 heterocycles. The van der Waals surface area contributed by atoms with Crippen molar-refractivity contribution in [3.63, 3.8) is 0 Å². The summed E-state index contributed by atoms with van der Waals surface area (Å²) in [4.78, 5) is 0. The lowest BCUT2D eigenvalue weighted by Gasteiger charge is -2.08. The molecule has 2 nitrogen and oxygen atoms in total. The van der Waals surface area contributed by atoms with E-state index in [0.717, 1.165) is 18.1 Å². The Morgan fingerprint density at radius 1 is 1.53 bits per heavy atom. The van der Waals surface area contributed by atoms with E-state index >= 15 is 0 Å². The zero-order valence-corrected chi connectivity index (χ0v) is 9.80. The Labute approximate surface area is 95.9 Å². The minimum Gasteiger partial charge on any atom is -0.311 e. The molecule has 0 radical (unpaired) electrons. The van der Waals surface area contributed by atoms with Crippen molar-refractivity contribution in [2.45, 2.75) is 20.4 Å². The first-order valence-corrected chi connectivity index (χ1v) is 5.36. The standard InChI is InChI=1S/C12H15ClN2/c1-9(6-14)7-15-8-11-3-4-12(13)5-10(11)2/h3-5,9,15H,7-8H2,1-2H3. The van der Waals surface area contributed by atoms with E-state index in [-0.39, 0.29) is 5.92 Å². The molecule has 0 amide bonds. The van der Waals surface area contributed by atoms with Gasteiger partial charge in [-0.1, -0.05) is 17.7 Å². The summed E-state index contributed by atoms with van der Waals surface area (Å²) in [5.74, 6) is 0.0533. The van der Waals surface area contributed by atoms with Gasteiger partial charge >= 0.3 is 0 Å². The smallest absolute Gasteiger partial charge is 0.0666 e. The van der Waals surface area contributed by atoms with E-state index in [9.17, 15) is 0 Å². The molecule has 0 aliphatic heterocycles. The second-order valence-corrected chi connectivity index (χ2v) is 4.17. The van der Waals surface area contributed by atoms with Gasteiger partial charge in [0.2, 0.25) is 0 Å². The van der Waals surface area contributed by atoms with E-state index in [1.54, 1.807) is 0 Å². The zero-order chi connectivity index (χ0) is 11.3. The average Bonchev–Trinajstić information content (AvgIpc) is 2.21. The first kappa shape index (κ1) is 12.0. The van der Waals surface area contributed by atoms with Gasteiger partial charge in [-0.15, -0.1) is 0 Å². The minimum absolute atomic E-state index is 0.0533. The molecule has 1 aromatic carbocycles. The molecule has 1 unspecified atom stereocenters. The van der Waals surface area contributed by atoms with Gasteiger partial charge in [0.05, 0.1) is 12.0 Å². The third kappa shape index (κ3) is 3.91. The van der Waals surface area contributed by atoms with Crippen molar-refractivity contribution in [1.29, 1.82) is 5.26 Å². The Morgan fingerprint density at radius 2 is 2.27 bits per heavy atom. The third-order valence-electron chi connectivity index (χ3n) is 2.29. The van der Waals surface area contributed by atoms with Gasteiger partial charge in [0.25, 0.3) is 0 Å². The summed E-state index contributed by atoms with van der Waals surface area (Å²) in [5.41, 5.74) is 2.41. The van der Waals surface area contributed by atoms with E-state index < -0.39 is 0 Å². The second-order valence-electron chi connectivity index (χ2n) is 3.73. The maximum Gasteiger partial charge on any atom is 0.0666 e. The molecule has 1 atom stereocenters. The molecule has 0 saturated carbocycles. The van der Waals surface area contributed by atoms with Crippen molar-refractivity contribution in [1.82, 2.24) is 5.32 Å². The summed E-state index contributed by atoms with van der Waals surface area (Å²) in [6, 6.07) is 8.05. The quantitative estimate of drug-likeness (QED) is 0.851. The van der Waals surface area contributed by atoms with Crippen LogP contribution in [-0.4, -0.2) is 6.54 Å². The van der Waals surface area contributed by atoms with Gasteiger partial charge in [-0.25, -0.2) is 0 Å². The number of nitrogens with zero attached hydrogens (tertiary/aromatic N) is 1. The summed E-state index contributed by atoms with van der Waals surface area (Å²) < 4.78 is 0. The van der Waals surface area contributed by atoms with Gasteiger partial charge in [0.15, 0.2) is 0 Å². The van der Waals surface area contributed by atoms with Crippen LogP contribution in [0.1, 0.15) is 18.1 Å². The molecule has 0 aromatic heterocycles. The van der Waals surface area contributed by atoms with Crippen LogP contribution in [0.4, 0.5) is 0 Å². The Morgan fingerprint density at radius 3 is 2.87 bits per heavy atom. The average molecular weight is 223 g/mol. The highest BCUT2D eigenvalue weighted by molar-refractivity contribution is 6.30. The lowest BCUT2D eigenvalue weighted by Crippen LogP contribution is -2.20. The maximum atomic E-state index is 8.62. The highest BCUT2D eigenvalue weighted by Crippen LogP contribution is 2.14. The van der Waals surface area contributed by atoms with E-state index in [2.05, 4.69) is 11.4 Å². The van der Waals surface area contributed by atoms with Crippen molar-refractivity contribution < 1.29 is 0 Å². The van der Waals surface area contributed by atoms with E-state index in [1.807, 2.05) is 32.0 Å². The molecule has 80 valence electrons. The van der Waals surface area contributed by atoms with Crippen LogP contribution in [0.2, 0.25) is 5.02 Å². The summed E-state index contributed by atoms with van der Waals surface area (Å²) in [5, 5.41) is 12.6. The van der Waals surface area contributed by atoms with Crippen LogP contribution in [0.15, 0.2) is 18.2 Å². The van der Waals surface area contributed by atoms with Crippen LogP contribution < -0.4 is 5.32 Å². The summed E-state index contributed by atoms with van der Waals surface area (Å²) in [6.45, 7) is 5.45. The van der Waals surface area contributed by atoms with Gasteiger partial charge in [-0.2, -0.15) is 5.26 Å². The Bertz CT molecular complexity index is 368. The molecule has 3 heteroatoms. The van der Waals surface area contributed by atoms with Crippen LogP contribution in [0.5, 0.6) is 0 Å². The molecule has 15 heavy (non-hydrogen) atoms. The van der Waals surface area contributed by atoms with Gasteiger partial charge in [-0.05, 0) is 37.1 Å². The fourth-order valence-electron chi connectivity index (χ4n) is 1.33. The normalized spacial score (nSPS) is 12.1. The molecule has 1 rings (SSSR count). The van der Waals surface area contributed by atoms with Crippen molar-refractivity contribution in [2.75, 3.05) is 6.54 Å². The highest BCUT2D eigenvalue weighted by Gasteiger charge is 2.01. The predicted molar refractivity (Wildman–Crippen MR) is 62.7 cm³/mol. The first-order chi connectivity index (χ1) is 7.13. The van der Waals surface area contributed by atoms with Crippen molar-refractivity contribution in [2.24, 2.45) is 5.92 Å². The van der Waals surface area contributed by atoms with Crippen LogP contribution in [0.3, 0.4) is 0 Å². The van der Waals surface area contributed by atoms with E-state index in [4.69, 9.17) is 16.9 Å². The third-order valence-corrected chi connectivity index (χ3v) is 2.53. The monoisotopic (exact) mass is 222 g/mol. The van der Waals surface area contributed by atoms with Gasteiger partial charge in [0.1, 0.15) is 0 Å². The van der Waals surface area contributed by atoms with E-state index in [0.29, 0.717) is 0 Å². The summed E-state index contributed by atoms with van der Waals surface area (Å²) in [7, 11) is 0. The molecular formula is C12H15ClN2. The number of rotatable bonds is 4. The summed E-state index contributed by atoms with van der Waals surface area (Å²) in [6.07, 6.45) is 0. The molecule has 1 aromatic rings. The molecule has 0 aliphatic carbocycles. The summed E-state index contributed by atoms with van der Waals surface area (Å²) >= 11 is 5.86. The number of halogens is 1. The predicted octanol–water partition coefficient (Wildman–Crippen LogP) is 2.90. The second kappa shape index (κ2) is 5.75. The number of benzene rings is 1. The van der Waals surface area contributed by atoms with Crippen LogP contribution in [0.25, 0.3) is 0 Å². The molecule has 0 fully saturated rings. The molecular weight excluding hydrogens is 208 g/mol. The lowest BCUT2D eigenvalue weighted by molar-refractivity contribution is 0.600. The number of aryl methyl sites for hydroxylation is 1. The minimum atomic E-state index is 0.0533. The number of hydrogen-bond donors (Lipinski definition) is 1. The Hall–Kier alpha value is -1.04. The highest BCUT2D eigenvalue weighted by atomic mass is 35.5. The van der Waals surface area contributed by atoms with Crippen LogP contribution in [0, 0.1) is 24.2 Å². The van der Waals surface area contributed by atoms with Crippen LogP contribution in [-0.2, 0) is 6.54 Å². The fourth-order valence-corrected chi connectivity index (χ4v) is 1.55. The first-order valence-electron chi connectivity index (χ1n) is 4.99. The molecule has 0 bridgehead atoms. The molecule has 0 spiro atoms. The number of nitrogens with one attached hydrogen (secondary N) is 1. The Balaban J connectivity index is 2.48. The lowest BCUT2D eigenvalue weighted by atomic mass is 10.1. The van der Waals surface area contributed by atoms with Gasteiger partial charge in [0, 0.05) is 18.1 Å². The zero-order valence-electron chi connectivity index (χ0n) is 9.05. The fraction of sp³-hybridized carbons (Fsp3) is 0.417. The van der Waals surface area contributed by atoms with Crippen molar-refractivity contribution >= 4 is 11.6 Å². The Kier molecular flexibility index (Phi) is 4.61. The largest absolute Gasteiger partial charge is 0.311 e.